The van der Waals surface area contributed by atoms with E-state index in [1.807, 2.05) is 0 Å². The van der Waals surface area contributed by atoms with Crippen molar-refractivity contribution < 1.29 is 54.2 Å². The standard InChI is InChI=1S/C6H12O12S3.3Na/c7-4(19(10,11)12)2-1-3(5(8)20(13,14)15)6(9)21(16,17)18;;;/h1,4-9H,2H2,(H,10,11,12)(H,13,14,15)(H,16,17,18);;;. The van der Waals surface area contributed by atoms with Crippen LogP contribution in [0.3, 0.4) is 0 Å². The fourth-order valence-corrected chi connectivity index (χ4v) is 2.59. The van der Waals surface area contributed by atoms with Gasteiger partial charge in [0.1, 0.15) is 0 Å². The molecule has 0 aliphatic rings. The van der Waals surface area contributed by atoms with E-state index in [0.717, 1.165) is 0 Å². The fourth-order valence-electron chi connectivity index (χ4n) is 1.03. The zero-order valence-electron chi connectivity index (χ0n) is 12.9. The third-order valence-corrected chi connectivity index (χ3v) is 4.59. The largest absolute Gasteiger partial charge is 0.375 e. The van der Waals surface area contributed by atoms with Crippen molar-refractivity contribution in [2.24, 2.45) is 0 Å². The minimum atomic E-state index is -5.33. The van der Waals surface area contributed by atoms with Crippen LogP contribution in [0.15, 0.2) is 11.6 Å². The predicted octanol–water partition coefficient (Wildman–Crippen LogP) is -4.22. The average Bonchev–Trinajstić information content (AvgIpc) is 2.24. The Hall–Kier alpha value is 2.35. The summed E-state index contributed by atoms with van der Waals surface area (Å²) in [5, 5.41) is 27.3. The molecule has 6 N–H and O–H groups in total. The monoisotopic (exact) mass is 441 g/mol. The van der Waals surface area contributed by atoms with Crippen LogP contribution >= 0.6 is 0 Å². The maximum Gasteiger partial charge on any atom is 0.296 e. The summed E-state index contributed by atoms with van der Waals surface area (Å²) in [4.78, 5) is 0. The third kappa shape index (κ3) is 11.9. The van der Waals surface area contributed by atoms with Gasteiger partial charge in [0.2, 0.25) is 10.9 Å². The number of hydrogen-bond acceptors (Lipinski definition) is 9. The Morgan fingerprint density at radius 3 is 1.21 bits per heavy atom. The van der Waals surface area contributed by atoms with Crippen molar-refractivity contribution in [1.82, 2.24) is 0 Å². The molecule has 3 radical (unpaired) electrons. The second kappa shape index (κ2) is 12.7. The molecule has 0 aliphatic heterocycles. The van der Waals surface area contributed by atoms with Gasteiger partial charge in [-0.1, -0.05) is 6.08 Å². The average molecular weight is 441 g/mol. The van der Waals surface area contributed by atoms with Crippen molar-refractivity contribution in [2.45, 2.75) is 22.7 Å². The van der Waals surface area contributed by atoms with Gasteiger partial charge in [0, 0.05) is 101 Å². The van der Waals surface area contributed by atoms with Gasteiger partial charge in [0.05, 0.1) is 0 Å². The number of rotatable bonds is 7. The topological polar surface area (TPSA) is 224 Å². The van der Waals surface area contributed by atoms with Gasteiger partial charge < -0.3 is 15.3 Å². The predicted molar refractivity (Wildman–Crippen MR) is 82.6 cm³/mol. The first-order valence-electron chi connectivity index (χ1n) is 4.71. The van der Waals surface area contributed by atoms with Crippen LogP contribution in [0.4, 0.5) is 0 Å². The summed E-state index contributed by atoms with van der Waals surface area (Å²) >= 11 is 0. The van der Waals surface area contributed by atoms with Crippen molar-refractivity contribution in [2.75, 3.05) is 0 Å². The molecule has 0 bridgehead atoms. The van der Waals surface area contributed by atoms with Gasteiger partial charge in [-0.15, -0.1) is 0 Å². The molecule has 18 heteroatoms. The van der Waals surface area contributed by atoms with Crippen molar-refractivity contribution in [3.05, 3.63) is 11.6 Å². The van der Waals surface area contributed by atoms with Crippen molar-refractivity contribution >= 4 is 119 Å². The van der Waals surface area contributed by atoms with Crippen LogP contribution in [-0.2, 0) is 30.4 Å². The number of aliphatic hydroxyl groups is 3. The SMILES string of the molecule is O=S(=O)(O)C(O)CC=C(C(O)S(=O)(=O)O)C(O)S(=O)(=O)O.[Na].[Na].[Na]. The molecule has 0 aromatic rings. The number of aliphatic hydroxyl groups excluding tert-OH is 3. The van der Waals surface area contributed by atoms with Gasteiger partial charge in [-0.2, -0.15) is 25.3 Å². The molecule has 0 aromatic carbocycles. The van der Waals surface area contributed by atoms with Gasteiger partial charge in [0.25, 0.3) is 30.4 Å². The molecule has 0 amide bonds. The molecule has 3 atom stereocenters. The van der Waals surface area contributed by atoms with Crippen molar-refractivity contribution in [3.8, 4) is 0 Å². The molecule has 0 spiro atoms. The van der Waals surface area contributed by atoms with Gasteiger partial charge in [-0.05, 0) is 0 Å². The molecule has 0 fully saturated rings. The van der Waals surface area contributed by atoms with Gasteiger partial charge in [-0.25, -0.2) is 0 Å². The molecular formula is C6H12Na3O12S3. The Morgan fingerprint density at radius 2 is 1.00 bits per heavy atom. The Morgan fingerprint density at radius 1 is 0.708 bits per heavy atom. The molecule has 24 heavy (non-hydrogen) atoms. The van der Waals surface area contributed by atoms with E-state index in [2.05, 4.69) is 0 Å². The molecule has 0 heterocycles. The maximum absolute atomic E-state index is 10.7. The summed E-state index contributed by atoms with van der Waals surface area (Å²) in [6.07, 6.45) is -0.956. The van der Waals surface area contributed by atoms with E-state index in [1.54, 1.807) is 0 Å². The van der Waals surface area contributed by atoms with E-state index in [4.69, 9.17) is 29.0 Å². The summed E-state index contributed by atoms with van der Waals surface area (Å²) in [5.41, 5.74) is -10.0. The Balaban J connectivity index is -0.000000667. The van der Waals surface area contributed by atoms with E-state index in [-0.39, 0.29) is 94.7 Å². The first-order valence-corrected chi connectivity index (χ1v) is 9.22. The van der Waals surface area contributed by atoms with Crippen molar-refractivity contribution in [1.29, 1.82) is 0 Å². The van der Waals surface area contributed by atoms with Gasteiger partial charge in [-0.3, -0.25) is 13.7 Å². The van der Waals surface area contributed by atoms with Crippen LogP contribution in [0.2, 0.25) is 0 Å². The second-order valence-electron chi connectivity index (χ2n) is 3.64. The zero-order chi connectivity index (χ0) is 17.2. The first kappa shape index (κ1) is 33.9. The Bertz CT molecular complexity index is 671. The van der Waals surface area contributed by atoms with Crippen LogP contribution < -0.4 is 0 Å². The number of hydrogen-bond donors (Lipinski definition) is 6. The summed E-state index contributed by atoms with van der Waals surface area (Å²) < 4.78 is 89.3. The Labute approximate surface area is 204 Å². The summed E-state index contributed by atoms with van der Waals surface area (Å²) in [5.74, 6) is 0. The van der Waals surface area contributed by atoms with E-state index < -0.39 is 58.7 Å². The smallest absolute Gasteiger partial charge is 0.296 e. The molecule has 0 saturated carbocycles. The molecule has 0 rings (SSSR count). The Kier molecular flexibility index (Phi) is 18.0. The van der Waals surface area contributed by atoms with Crippen LogP contribution in [0.5, 0.6) is 0 Å². The normalized spacial score (nSPS) is 15.6. The summed E-state index contributed by atoms with van der Waals surface area (Å²) in [6.45, 7) is 0. The molecule has 0 saturated heterocycles. The van der Waals surface area contributed by atoms with E-state index >= 15 is 0 Å². The summed E-state index contributed by atoms with van der Waals surface area (Å²) in [7, 11) is -15.7. The molecule has 0 aliphatic carbocycles. The molecular weight excluding hydrogens is 429 g/mol. The van der Waals surface area contributed by atoms with E-state index in [0.29, 0.717) is 0 Å². The minimum absolute atomic E-state index is 0. The molecule has 3 unspecified atom stereocenters. The van der Waals surface area contributed by atoms with E-state index in [9.17, 15) is 25.3 Å². The van der Waals surface area contributed by atoms with Crippen LogP contribution in [-0.4, -0.2) is 159 Å². The van der Waals surface area contributed by atoms with Gasteiger partial charge in [0.15, 0.2) is 5.44 Å². The quantitative estimate of drug-likeness (QED) is 0.126. The minimum Gasteiger partial charge on any atom is -0.375 e. The van der Waals surface area contributed by atoms with Crippen LogP contribution in [0.25, 0.3) is 0 Å². The van der Waals surface area contributed by atoms with E-state index in [1.165, 1.54) is 0 Å². The molecule has 129 valence electrons. The molecule has 12 nitrogen and oxygen atoms in total. The van der Waals surface area contributed by atoms with Gasteiger partial charge >= 0.3 is 0 Å². The zero-order valence-corrected chi connectivity index (χ0v) is 21.3. The second-order valence-corrected chi connectivity index (χ2v) is 8.17. The van der Waals surface area contributed by atoms with Crippen LogP contribution in [0, 0.1) is 0 Å². The summed E-state index contributed by atoms with van der Waals surface area (Å²) in [6, 6.07) is 0. The maximum atomic E-state index is 10.7. The first-order chi connectivity index (χ1) is 9.08. The van der Waals surface area contributed by atoms with Crippen LogP contribution in [0.1, 0.15) is 6.42 Å². The molecule has 0 aromatic heterocycles. The van der Waals surface area contributed by atoms with Crippen molar-refractivity contribution in [3.63, 3.8) is 0 Å². The third-order valence-electron chi connectivity index (χ3n) is 2.03. The fraction of sp³-hybridized carbons (Fsp3) is 0.667.